The number of urea groups is 1. The van der Waals surface area contributed by atoms with Crippen molar-refractivity contribution >= 4 is 74.9 Å². The zero-order chi connectivity index (χ0) is 48.4. The lowest BCUT2D eigenvalue weighted by Crippen LogP contribution is -2.65. The minimum absolute atomic E-state index is 0.00647. The Morgan fingerprint density at radius 1 is 0.779 bits per heavy atom. The van der Waals surface area contributed by atoms with Crippen LogP contribution < -0.4 is 43.0 Å². The predicted molar refractivity (Wildman–Crippen MR) is 254 cm³/mol. The number of Topliss-reactive ketones (excluding diaryl/α,β-unsaturated/α-hetero) is 1. The molecule has 2 bridgehead atoms. The summed E-state index contributed by atoms with van der Waals surface area (Å²) in [6.07, 6.45) is 4.62. The number of carbonyl (C=O) groups is 8. The highest BCUT2D eigenvalue weighted by Gasteiger charge is 2.55. The number of rotatable bonds is 9. The van der Waals surface area contributed by atoms with Crippen LogP contribution >= 0.6 is 0 Å². The molecule has 3 aromatic carbocycles. The van der Waals surface area contributed by atoms with Crippen molar-refractivity contribution in [1.82, 2.24) is 47.1 Å². The van der Waals surface area contributed by atoms with Crippen molar-refractivity contribution in [3.05, 3.63) is 84.1 Å². The number of ketones is 1. The largest absolute Gasteiger partial charge is 0.370 e. The Labute approximate surface area is 393 Å². The van der Waals surface area contributed by atoms with Crippen LogP contribution in [0.1, 0.15) is 88.7 Å². The Hall–Kier alpha value is -7.31. The summed E-state index contributed by atoms with van der Waals surface area (Å²) in [5.74, 6) is -4.67. The van der Waals surface area contributed by atoms with Crippen molar-refractivity contribution < 1.29 is 38.4 Å². The van der Waals surface area contributed by atoms with Crippen LogP contribution in [0.5, 0.6) is 0 Å². The van der Waals surface area contributed by atoms with Crippen molar-refractivity contribution in [2.24, 2.45) is 5.73 Å². The minimum Gasteiger partial charge on any atom is -0.370 e. The van der Waals surface area contributed by atoms with E-state index >= 15 is 0 Å². The second-order valence-corrected chi connectivity index (χ2v) is 18.1. The van der Waals surface area contributed by atoms with E-state index in [4.69, 9.17) is 11.1 Å². The molecule has 7 rings (SSSR count). The van der Waals surface area contributed by atoms with E-state index in [1.165, 1.54) is 6.92 Å². The summed E-state index contributed by atoms with van der Waals surface area (Å²) in [7, 11) is 0. The van der Waals surface area contributed by atoms with Crippen molar-refractivity contribution in [3.8, 4) is 0 Å². The molecule has 3 heterocycles. The van der Waals surface area contributed by atoms with E-state index in [9.17, 15) is 38.4 Å². The van der Waals surface area contributed by atoms with Gasteiger partial charge in [-0.1, -0.05) is 79.9 Å². The molecule has 0 radical (unpaired) electrons. The molecule has 1 spiro atoms. The van der Waals surface area contributed by atoms with E-state index in [1.54, 1.807) is 6.20 Å². The third-order valence-electron chi connectivity index (χ3n) is 13.2. The number of H-pyrrole nitrogens is 1. The van der Waals surface area contributed by atoms with Gasteiger partial charge < -0.3 is 47.9 Å². The minimum atomic E-state index is -1.69. The second-order valence-electron chi connectivity index (χ2n) is 18.1. The summed E-state index contributed by atoms with van der Waals surface area (Å²) in [5.41, 5.74) is 6.05. The number of aromatic amines is 1. The molecule has 3 fully saturated rings. The summed E-state index contributed by atoms with van der Waals surface area (Å²) >= 11 is 0. The molecule has 4 aromatic rings. The Bertz CT molecular complexity index is 2570. The van der Waals surface area contributed by atoms with Crippen LogP contribution in [0.15, 0.2) is 72.9 Å². The van der Waals surface area contributed by atoms with E-state index < -0.39 is 77.2 Å². The zero-order valence-electron chi connectivity index (χ0n) is 38.2. The topological polar surface area (TPSA) is 290 Å². The third-order valence-corrected chi connectivity index (χ3v) is 13.2. The fourth-order valence-electron chi connectivity index (χ4n) is 9.55. The first-order valence-corrected chi connectivity index (χ1v) is 23.5. The number of amides is 8. The molecule has 0 unspecified atom stereocenters. The van der Waals surface area contributed by atoms with Gasteiger partial charge in [-0.2, -0.15) is 0 Å². The van der Waals surface area contributed by atoms with Gasteiger partial charge in [0.2, 0.25) is 29.5 Å². The number of hydrogen-bond acceptors (Lipinski definition) is 9. The number of benzene rings is 3. The second kappa shape index (κ2) is 22.0. The van der Waals surface area contributed by atoms with E-state index in [2.05, 4.69) is 42.2 Å². The number of para-hydroxylation sites is 1. The van der Waals surface area contributed by atoms with Crippen molar-refractivity contribution in [3.63, 3.8) is 0 Å². The highest BCUT2D eigenvalue weighted by Crippen LogP contribution is 2.37. The molecular formula is C49H61N11O8. The van der Waals surface area contributed by atoms with E-state index in [-0.39, 0.29) is 76.2 Å². The number of nitrogens with zero attached hydrogens (tertiary/aromatic N) is 1. The van der Waals surface area contributed by atoms with Gasteiger partial charge in [0.15, 0.2) is 11.7 Å². The first kappa shape index (κ1) is 48.6. The maximum atomic E-state index is 15.0. The summed E-state index contributed by atoms with van der Waals surface area (Å²) in [4.78, 5) is 117. The molecule has 68 heavy (non-hydrogen) atoms. The third kappa shape index (κ3) is 11.6. The number of aromatic nitrogens is 1. The van der Waals surface area contributed by atoms with E-state index in [0.29, 0.717) is 36.8 Å². The Morgan fingerprint density at radius 2 is 1.47 bits per heavy atom. The number of imide groups is 1. The molecule has 1 aromatic heterocycles. The highest BCUT2D eigenvalue weighted by molar-refractivity contribution is 6.10. The van der Waals surface area contributed by atoms with Gasteiger partial charge in [0.1, 0.15) is 29.7 Å². The lowest BCUT2D eigenvalue weighted by atomic mass is 9.79. The van der Waals surface area contributed by atoms with Crippen molar-refractivity contribution in [2.75, 3.05) is 13.1 Å². The smallest absolute Gasteiger partial charge is 0.325 e. The van der Waals surface area contributed by atoms with Gasteiger partial charge in [-0.15, -0.1) is 0 Å². The molecule has 2 saturated heterocycles. The number of hydrogen-bond donors (Lipinski definition) is 10. The van der Waals surface area contributed by atoms with Gasteiger partial charge in [-0.3, -0.25) is 39.0 Å². The van der Waals surface area contributed by atoms with Crippen molar-refractivity contribution in [2.45, 2.75) is 126 Å². The predicted octanol–water partition coefficient (Wildman–Crippen LogP) is 2.21. The van der Waals surface area contributed by atoms with Crippen LogP contribution in [0.25, 0.3) is 21.7 Å². The monoisotopic (exact) mass is 931 g/mol. The first-order chi connectivity index (χ1) is 32.7. The van der Waals surface area contributed by atoms with E-state index in [0.717, 1.165) is 33.0 Å². The van der Waals surface area contributed by atoms with Crippen LogP contribution in [0, 0.1) is 5.41 Å². The number of nitrogens with two attached hydrogens (primary N) is 1. The number of guanidine groups is 1. The summed E-state index contributed by atoms with van der Waals surface area (Å²) in [5, 5.41) is 29.8. The average molecular weight is 932 g/mol. The van der Waals surface area contributed by atoms with Crippen LogP contribution in [-0.2, 0) is 46.4 Å². The standard InChI is InChI=1S/C49H61N11O8/c1-29(61)35-15-7-10-22-52-41(62)27-40-45(66)60(48(68)59-40)49(20-8-2-9-21-49)46(67)58-38(25-30-18-19-31-12-3-4-13-32(31)24-30)43(64)56-37(17-11-23-53-47(50)51)42(63)57-39(44(65)55-35)26-33-28-54-36-16-6-5-14-34(33)36/h3-6,12-14,16,18-19,24,28,35,37-40,54H,2,7-11,15,17,20-23,25-27H2,1H3,(H,52,62)(H,55,65)(H,56,64)(H,57,63)(H,58,67)(H,59,68)(H4,50,51,53)/t35-,37-,38+,39-,40-/m0/s1. The first-order valence-electron chi connectivity index (χ1n) is 23.5. The number of carbonyl (C=O) groups excluding carboxylic acids is 8. The van der Waals surface area contributed by atoms with E-state index in [1.807, 2.05) is 66.7 Å². The molecule has 2 aliphatic heterocycles. The van der Waals surface area contributed by atoms with Gasteiger partial charge >= 0.3 is 6.03 Å². The average Bonchev–Trinajstić information content (AvgIpc) is 3.86. The van der Waals surface area contributed by atoms with Crippen LogP contribution in [-0.4, -0.2) is 112 Å². The molecule has 8 amide bonds. The van der Waals surface area contributed by atoms with Gasteiger partial charge in [-0.05, 0) is 79.8 Å². The molecule has 3 aliphatic rings. The fourth-order valence-corrected chi connectivity index (χ4v) is 9.55. The van der Waals surface area contributed by atoms with Gasteiger partial charge in [0.25, 0.3) is 5.91 Å². The molecule has 1 aliphatic carbocycles. The molecule has 11 N–H and O–H groups in total. The van der Waals surface area contributed by atoms with Gasteiger partial charge in [-0.25, -0.2) is 9.69 Å². The highest BCUT2D eigenvalue weighted by atomic mass is 16.2. The van der Waals surface area contributed by atoms with Crippen LogP contribution in [0.3, 0.4) is 0 Å². The molecule has 360 valence electrons. The summed E-state index contributed by atoms with van der Waals surface area (Å²) in [6.45, 7) is 1.71. The Morgan fingerprint density at radius 3 is 2.24 bits per heavy atom. The normalized spacial score (nSPS) is 23.5. The van der Waals surface area contributed by atoms with Crippen molar-refractivity contribution in [1.29, 1.82) is 5.41 Å². The van der Waals surface area contributed by atoms with Crippen LogP contribution in [0.4, 0.5) is 4.79 Å². The summed E-state index contributed by atoms with van der Waals surface area (Å²) in [6, 6.07) is 13.9. The molecule has 19 nitrogen and oxygen atoms in total. The van der Waals surface area contributed by atoms with Gasteiger partial charge in [0, 0.05) is 43.0 Å². The lowest BCUT2D eigenvalue weighted by Gasteiger charge is -2.42. The number of fused-ring (bicyclic) bond motifs is 5. The Balaban J connectivity index is 1.26. The molecule has 19 heteroatoms. The maximum Gasteiger partial charge on any atom is 0.325 e. The van der Waals surface area contributed by atoms with Gasteiger partial charge in [0.05, 0.1) is 12.5 Å². The maximum absolute atomic E-state index is 15.0. The molecule has 1 saturated carbocycles. The number of nitrogens with one attached hydrogen (secondary N) is 9. The quantitative estimate of drug-likeness (QED) is 0.0506. The van der Waals surface area contributed by atoms with Crippen LogP contribution in [0.2, 0.25) is 0 Å². The zero-order valence-corrected chi connectivity index (χ0v) is 38.2. The lowest BCUT2D eigenvalue weighted by molar-refractivity contribution is -0.146. The fraction of sp³-hybridized carbons (Fsp3) is 0.449. The SMILES string of the molecule is CC(=O)[C@@H]1CCCCNC(=O)C[C@@H]2NC(=O)N(C2=O)C2(CCCCC2)C(=O)N[C@H](Cc2ccc3ccccc3c2)C(=O)N[C@@H](CCCNC(=N)N)C(=O)N[C@@H](Cc2c[nH]c3ccccc23)C(=O)N1. The molecule has 5 atom stereocenters. The molecular weight excluding hydrogens is 871 g/mol. The Kier molecular flexibility index (Phi) is 15.7. The summed E-state index contributed by atoms with van der Waals surface area (Å²) < 4.78 is 0.